The van der Waals surface area contributed by atoms with Gasteiger partial charge in [0.1, 0.15) is 5.69 Å². The van der Waals surface area contributed by atoms with Crippen LogP contribution < -0.4 is 4.90 Å². The van der Waals surface area contributed by atoms with Crippen molar-refractivity contribution >= 4 is 17.5 Å². The summed E-state index contributed by atoms with van der Waals surface area (Å²) in [7, 11) is 1.77. The number of aromatic nitrogens is 6. The molecule has 2 aromatic rings. The van der Waals surface area contributed by atoms with Gasteiger partial charge in [0.2, 0.25) is 11.2 Å². The summed E-state index contributed by atoms with van der Waals surface area (Å²) in [5, 5.41) is 7.82. The van der Waals surface area contributed by atoms with E-state index in [2.05, 4.69) is 25.3 Å². The van der Waals surface area contributed by atoms with Crippen molar-refractivity contribution in [3.8, 4) is 11.5 Å². The van der Waals surface area contributed by atoms with Gasteiger partial charge in [-0.25, -0.2) is 4.68 Å². The second-order valence-electron chi connectivity index (χ2n) is 3.64. The molecular formula is C10H14ClN7. The molecule has 0 aliphatic rings. The SMILES string of the molecule is CCN(CC)c1nc(Cl)nc(-c2cnnn2C)n1. The number of hydrogen-bond donors (Lipinski definition) is 0. The molecule has 18 heavy (non-hydrogen) atoms. The summed E-state index contributed by atoms with van der Waals surface area (Å²) >= 11 is 5.94. The summed E-state index contributed by atoms with van der Waals surface area (Å²) < 4.78 is 1.59. The van der Waals surface area contributed by atoms with Gasteiger partial charge < -0.3 is 4.90 Å². The molecule has 0 N–H and O–H groups in total. The largest absolute Gasteiger partial charge is 0.341 e. The predicted molar refractivity (Wildman–Crippen MR) is 68.4 cm³/mol. The Kier molecular flexibility index (Phi) is 3.71. The zero-order chi connectivity index (χ0) is 13.1. The van der Waals surface area contributed by atoms with E-state index < -0.39 is 0 Å². The van der Waals surface area contributed by atoms with E-state index in [1.165, 1.54) is 0 Å². The molecule has 2 heterocycles. The maximum absolute atomic E-state index is 5.94. The van der Waals surface area contributed by atoms with E-state index in [0.29, 0.717) is 17.5 Å². The molecule has 2 aromatic heterocycles. The summed E-state index contributed by atoms with van der Waals surface area (Å²) in [6.07, 6.45) is 1.59. The van der Waals surface area contributed by atoms with Crippen molar-refractivity contribution in [3.05, 3.63) is 11.5 Å². The first-order valence-corrected chi connectivity index (χ1v) is 6.05. The number of aryl methyl sites for hydroxylation is 1. The zero-order valence-corrected chi connectivity index (χ0v) is 11.3. The Morgan fingerprint density at radius 1 is 1.22 bits per heavy atom. The van der Waals surface area contributed by atoms with Crippen molar-refractivity contribution in [3.63, 3.8) is 0 Å². The molecule has 0 amide bonds. The maximum Gasteiger partial charge on any atom is 0.230 e. The standard InChI is InChI=1S/C10H14ClN7/c1-4-18(5-2)10-14-8(13-9(11)15-10)7-6-12-16-17(7)3/h6H,4-5H2,1-3H3. The lowest BCUT2D eigenvalue weighted by molar-refractivity contribution is 0.715. The van der Waals surface area contributed by atoms with Crippen molar-refractivity contribution in [2.45, 2.75) is 13.8 Å². The van der Waals surface area contributed by atoms with Crippen LogP contribution in [-0.4, -0.2) is 43.0 Å². The molecule has 8 heteroatoms. The lowest BCUT2D eigenvalue weighted by Crippen LogP contribution is -2.24. The lowest BCUT2D eigenvalue weighted by Gasteiger charge is -2.18. The van der Waals surface area contributed by atoms with Crippen LogP contribution in [0.15, 0.2) is 6.20 Å². The summed E-state index contributed by atoms with van der Waals surface area (Å²) in [6.45, 7) is 5.68. The smallest absolute Gasteiger partial charge is 0.230 e. The molecule has 0 spiro atoms. The molecule has 0 aliphatic carbocycles. The summed E-state index contributed by atoms with van der Waals surface area (Å²) in [6, 6.07) is 0. The Morgan fingerprint density at radius 3 is 2.50 bits per heavy atom. The average molecular weight is 268 g/mol. The fraction of sp³-hybridized carbons (Fsp3) is 0.500. The molecule has 0 aromatic carbocycles. The lowest BCUT2D eigenvalue weighted by atomic mass is 10.4. The van der Waals surface area contributed by atoms with Crippen LogP contribution in [-0.2, 0) is 7.05 Å². The minimum Gasteiger partial charge on any atom is -0.341 e. The number of halogens is 1. The molecule has 0 fully saturated rings. The number of rotatable bonds is 4. The van der Waals surface area contributed by atoms with Crippen LogP contribution in [0, 0.1) is 0 Å². The fourth-order valence-electron chi connectivity index (χ4n) is 1.59. The van der Waals surface area contributed by atoms with Crippen molar-refractivity contribution in [2.75, 3.05) is 18.0 Å². The fourth-order valence-corrected chi connectivity index (χ4v) is 1.75. The minimum atomic E-state index is 0.170. The molecule has 0 radical (unpaired) electrons. The topological polar surface area (TPSA) is 72.6 Å². The van der Waals surface area contributed by atoms with Crippen LogP contribution in [0.2, 0.25) is 5.28 Å². The minimum absolute atomic E-state index is 0.170. The van der Waals surface area contributed by atoms with Crippen LogP contribution in [0.1, 0.15) is 13.8 Å². The van der Waals surface area contributed by atoms with E-state index in [0.717, 1.165) is 13.1 Å². The third-order valence-electron chi connectivity index (χ3n) is 2.59. The van der Waals surface area contributed by atoms with Gasteiger partial charge in [-0.3, -0.25) is 0 Å². The van der Waals surface area contributed by atoms with Gasteiger partial charge >= 0.3 is 0 Å². The van der Waals surface area contributed by atoms with E-state index in [1.54, 1.807) is 17.9 Å². The van der Waals surface area contributed by atoms with E-state index in [9.17, 15) is 0 Å². The molecule has 0 unspecified atom stereocenters. The van der Waals surface area contributed by atoms with Gasteiger partial charge in [0.15, 0.2) is 5.82 Å². The van der Waals surface area contributed by atoms with E-state index in [-0.39, 0.29) is 5.28 Å². The molecule has 0 atom stereocenters. The second-order valence-corrected chi connectivity index (χ2v) is 3.98. The van der Waals surface area contributed by atoms with Crippen LogP contribution in [0.25, 0.3) is 11.5 Å². The van der Waals surface area contributed by atoms with Gasteiger partial charge in [-0.1, -0.05) is 5.21 Å². The van der Waals surface area contributed by atoms with Gasteiger partial charge in [0.25, 0.3) is 0 Å². The number of hydrogen-bond acceptors (Lipinski definition) is 6. The van der Waals surface area contributed by atoms with Crippen LogP contribution >= 0.6 is 11.6 Å². The Morgan fingerprint density at radius 2 is 1.94 bits per heavy atom. The van der Waals surface area contributed by atoms with Gasteiger partial charge in [-0.05, 0) is 25.4 Å². The molecular weight excluding hydrogens is 254 g/mol. The highest BCUT2D eigenvalue weighted by Gasteiger charge is 2.13. The van der Waals surface area contributed by atoms with Crippen molar-refractivity contribution in [2.24, 2.45) is 7.05 Å². The molecule has 0 saturated carbocycles. The van der Waals surface area contributed by atoms with E-state index in [1.807, 2.05) is 18.7 Å². The van der Waals surface area contributed by atoms with Crippen molar-refractivity contribution in [1.29, 1.82) is 0 Å². The zero-order valence-electron chi connectivity index (χ0n) is 10.5. The Bertz CT molecular complexity index is 535. The number of anilines is 1. The monoisotopic (exact) mass is 267 g/mol. The predicted octanol–water partition coefficient (Wildman–Crippen LogP) is 1.17. The highest BCUT2D eigenvalue weighted by Crippen LogP contribution is 2.18. The number of nitrogens with zero attached hydrogens (tertiary/aromatic N) is 7. The third-order valence-corrected chi connectivity index (χ3v) is 2.76. The van der Waals surface area contributed by atoms with Crippen LogP contribution in [0.3, 0.4) is 0 Å². The summed E-state index contributed by atoms with van der Waals surface area (Å²) in [4.78, 5) is 14.6. The van der Waals surface area contributed by atoms with Crippen molar-refractivity contribution in [1.82, 2.24) is 29.9 Å². The Balaban J connectivity index is 2.47. The van der Waals surface area contributed by atoms with E-state index >= 15 is 0 Å². The first-order chi connectivity index (χ1) is 8.65. The van der Waals surface area contributed by atoms with Crippen molar-refractivity contribution < 1.29 is 0 Å². The average Bonchev–Trinajstić information content (AvgIpc) is 2.76. The summed E-state index contributed by atoms with van der Waals surface area (Å²) in [5.41, 5.74) is 0.702. The normalized spacial score (nSPS) is 10.7. The first-order valence-electron chi connectivity index (χ1n) is 5.67. The highest BCUT2D eigenvalue weighted by atomic mass is 35.5. The van der Waals surface area contributed by atoms with Gasteiger partial charge in [0, 0.05) is 20.1 Å². The van der Waals surface area contributed by atoms with Gasteiger partial charge in [0.05, 0.1) is 6.20 Å². The third kappa shape index (κ3) is 2.40. The molecule has 96 valence electrons. The quantitative estimate of drug-likeness (QED) is 0.828. The molecule has 0 bridgehead atoms. The second kappa shape index (κ2) is 5.26. The Labute approximate surface area is 110 Å². The van der Waals surface area contributed by atoms with Crippen LogP contribution in [0.4, 0.5) is 5.95 Å². The first kappa shape index (κ1) is 12.7. The Hall–Kier alpha value is -1.76. The van der Waals surface area contributed by atoms with Gasteiger partial charge in [-0.2, -0.15) is 15.0 Å². The molecule has 0 saturated heterocycles. The molecule has 0 aliphatic heterocycles. The van der Waals surface area contributed by atoms with E-state index in [4.69, 9.17) is 11.6 Å². The highest BCUT2D eigenvalue weighted by molar-refractivity contribution is 6.28. The summed E-state index contributed by atoms with van der Waals surface area (Å²) in [5.74, 6) is 1.04. The molecule has 2 rings (SSSR count). The maximum atomic E-state index is 5.94. The van der Waals surface area contributed by atoms with Gasteiger partial charge in [-0.15, -0.1) is 5.10 Å². The van der Waals surface area contributed by atoms with Crippen LogP contribution in [0.5, 0.6) is 0 Å². The molecule has 7 nitrogen and oxygen atoms in total.